The summed E-state index contributed by atoms with van der Waals surface area (Å²) in [5, 5.41) is 18.3. The number of anilines is 3. The van der Waals surface area contributed by atoms with Crippen LogP contribution in [0, 0.1) is 0 Å². The summed E-state index contributed by atoms with van der Waals surface area (Å²) in [7, 11) is 1.53. The monoisotopic (exact) mass is 369 g/mol. The molecule has 7 nitrogen and oxygen atoms in total. The topological polar surface area (TPSA) is 88.2 Å². The average Bonchev–Trinajstić information content (AvgIpc) is 3.13. The summed E-state index contributed by atoms with van der Waals surface area (Å²) in [6.07, 6.45) is 0. The van der Waals surface area contributed by atoms with E-state index in [4.69, 9.17) is 4.74 Å². The second-order valence-corrected chi connectivity index (χ2v) is 6.26. The molecule has 0 aliphatic carbocycles. The molecule has 134 valence electrons. The second-order valence-electron chi connectivity index (χ2n) is 5.29. The Morgan fingerprint density at radius 2 is 1.65 bits per heavy atom. The van der Waals surface area contributed by atoms with E-state index in [1.54, 1.807) is 18.2 Å². The molecule has 1 amide bonds. The third-order valence-corrected chi connectivity index (χ3v) is 4.30. The maximum Gasteiger partial charge on any atom is 0.261 e. The molecule has 3 rings (SSSR count). The SMILES string of the molecule is COc1ccccc1C(=O)Nc1nnc(NCCNc2ccccc2)s1. The van der Waals surface area contributed by atoms with Gasteiger partial charge in [0.05, 0.1) is 12.7 Å². The molecule has 0 saturated heterocycles. The Morgan fingerprint density at radius 1 is 0.962 bits per heavy atom. The van der Waals surface area contributed by atoms with Gasteiger partial charge in [-0.05, 0) is 24.3 Å². The molecule has 0 saturated carbocycles. The highest BCUT2D eigenvalue weighted by molar-refractivity contribution is 7.19. The van der Waals surface area contributed by atoms with Crippen molar-refractivity contribution in [1.29, 1.82) is 0 Å². The number of carbonyl (C=O) groups is 1. The maximum atomic E-state index is 12.3. The van der Waals surface area contributed by atoms with Gasteiger partial charge in [0.2, 0.25) is 10.3 Å². The Balaban J connectivity index is 1.49. The van der Waals surface area contributed by atoms with Gasteiger partial charge >= 0.3 is 0 Å². The van der Waals surface area contributed by atoms with Crippen LogP contribution in [-0.2, 0) is 0 Å². The predicted octanol–water partition coefficient (Wildman–Crippen LogP) is 3.32. The van der Waals surface area contributed by atoms with Crippen molar-refractivity contribution in [2.24, 2.45) is 0 Å². The van der Waals surface area contributed by atoms with Gasteiger partial charge in [-0.3, -0.25) is 10.1 Å². The molecule has 1 heterocycles. The van der Waals surface area contributed by atoms with Gasteiger partial charge in [0, 0.05) is 18.8 Å². The number of carbonyl (C=O) groups excluding carboxylic acids is 1. The van der Waals surface area contributed by atoms with E-state index in [1.165, 1.54) is 18.4 Å². The summed E-state index contributed by atoms with van der Waals surface area (Å²) >= 11 is 1.28. The lowest BCUT2D eigenvalue weighted by atomic mass is 10.2. The summed E-state index contributed by atoms with van der Waals surface area (Å²) in [5.74, 6) is 0.232. The van der Waals surface area contributed by atoms with Crippen LogP contribution >= 0.6 is 11.3 Å². The van der Waals surface area contributed by atoms with Crippen LogP contribution in [0.1, 0.15) is 10.4 Å². The lowest BCUT2D eigenvalue weighted by Crippen LogP contribution is -2.13. The summed E-state index contributed by atoms with van der Waals surface area (Å²) in [4.78, 5) is 12.3. The Morgan fingerprint density at radius 3 is 2.46 bits per heavy atom. The van der Waals surface area contributed by atoms with Gasteiger partial charge in [-0.2, -0.15) is 0 Å². The van der Waals surface area contributed by atoms with Crippen LogP contribution < -0.4 is 20.7 Å². The smallest absolute Gasteiger partial charge is 0.261 e. The lowest BCUT2D eigenvalue weighted by molar-refractivity contribution is 0.102. The highest BCUT2D eigenvalue weighted by Crippen LogP contribution is 2.23. The van der Waals surface area contributed by atoms with Crippen molar-refractivity contribution in [2.45, 2.75) is 0 Å². The molecule has 2 aromatic carbocycles. The number of amides is 1. The van der Waals surface area contributed by atoms with Gasteiger partial charge < -0.3 is 15.4 Å². The number of rotatable bonds is 8. The molecule has 8 heteroatoms. The lowest BCUT2D eigenvalue weighted by Gasteiger charge is -2.07. The number of methoxy groups -OCH3 is 1. The standard InChI is InChI=1S/C18H19N5O2S/c1-25-15-10-6-5-9-14(15)16(24)21-18-23-22-17(26-18)20-12-11-19-13-7-3-2-4-8-13/h2-10,19H,11-12H2,1H3,(H,20,22)(H,21,23,24). The minimum atomic E-state index is -0.282. The van der Waals surface area contributed by atoms with Crippen LogP contribution in [-0.4, -0.2) is 36.3 Å². The van der Waals surface area contributed by atoms with E-state index < -0.39 is 0 Å². The molecule has 0 unspecified atom stereocenters. The van der Waals surface area contributed by atoms with Crippen LogP contribution in [0.25, 0.3) is 0 Å². The number of hydrogen-bond acceptors (Lipinski definition) is 7. The van der Waals surface area contributed by atoms with Crippen LogP contribution in [0.15, 0.2) is 54.6 Å². The Kier molecular flexibility index (Phi) is 6.00. The molecule has 3 aromatic rings. The molecule has 0 atom stereocenters. The number of para-hydroxylation sites is 2. The third-order valence-electron chi connectivity index (χ3n) is 3.50. The van der Waals surface area contributed by atoms with Crippen LogP contribution in [0.3, 0.4) is 0 Å². The van der Waals surface area contributed by atoms with E-state index in [1.807, 2.05) is 36.4 Å². The highest BCUT2D eigenvalue weighted by atomic mass is 32.1. The summed E-state index contributed by atoms with van der Waals surface area (Å²) < 4.78 is 5.20. The maximum absolute atomic E-state index is 12.3. The van der Waals surface area contributed by atoms with E-state index >= 15 is 0 Å². The van der Waals surface area contributed by atoms with Crippen molar-refractivity contribution in [3.05, 3.63) is 60.2 Å². The van der Waals surface area contributed by atoms with E-state index in [-0.39, 0.29) is 5.91 Å². The molecular weight excluding hydrogens is 350 g/mol. The number of hydrogen-bond donors (Lipinski definition) is 3. The first-order valence-electron chi connectivity index (χ1n) is 8.07. The minimum absolute atomic E-state index is 0.282. The van der Waals surface area contributed by atoms with Gasteiger partial charge in [-0.15, -0.1) is 10.2 Å². The van der Waals surface area contributed by atoms with Crippen molar-refractivity contribution in [2.75, 3.05) is 36.1 Å². The number of benzene rings is 2. The molecule has 0 fully saturated rings. The zero-order valence-corrected chi connectivity index (χ0v) is 15.0. The first-order valence-corrected chi connectivity index (χ1v) is 8.88. The number of ether oxygens (including phenoxy) is 1. The first-order chi connectivity index (χ1) is 12.8. The van der Waals surface area contributed by atoms with Gasteiger partial charge in [0.1, 0.15) is 5.75 Å². The largest absolute Gasteiger partial charge is 0.496 e. The summed E-state index contributed by atoms with van der Waals surface area (Å²) in [6.45, 7) is 1.43. The molecule has 0 spiro atoms. The average molecular weight is 369 g/mol. The Bertz CT molecular complexity index is 854. The highest BCUT2D eigenvalue weighted by Gasteiger charge is 2.14. The summed E-state index contributed by atoms with van der Waals surface area (Å²) in [6, 6.07) is 17.0. The van der Waals surface area contributed by atoms with Gasteiger partial charge in [-0.1, -0.05) is 41.7 Å². The quantitative estimate of drug-likeness (QED) is 0.528. The van der Waals surface area contributed by atoms with Crippen molar-refractivity contribution in [3.8, 4) is 5.75 Å². The zero-order chi connectivity index (χ0) is 18.2. The fourth-order valence-corrected chi connectivity index (χ4v) is 2.94. The van der Waals surface area contributed by atoms with Crippen LogP contribution in [0.2, 0.25) is 0 Å². The van der Waals surface area contributed by atoms with Crippen molar-refractivity contribution in [3.63, 3.8) is 0 Å². The predicted molar refractivity (Wildman–Crippen MR) is 104 cm³/mol. The van der Waals surface area contributed by atoms with E-state index in [2.05, 4.69) is 26.1 Å². The van der Waals surface area contributed by atoms with E-state index in [9.17, 15) is 4.79 Å². The second kappa shape index (κ2) is 8.82. The molecule has 26 heavy (non-hydrogen) atoms. The van der Waals surface area contributed by atoms with Gasteiger partial charge in [-0.25, -0.2) is 0 Å². The van der Waals surface area contributed by atoms with Crippen molar-refractivity contribution < 1.29 is 9.53 Å². The fraction of sp³-hybridized carbons (Fsp3) is 0.167. The zero-order valence-electron chi connectivity index (χ0n) is 14.2. The third kappa shape index (κ3) is 4.70. The van der Waals surface area contributed by atoms with Crippen LogP contribution in [0.5, 0.6) is 5.75 Å². The van der Waals surface area contributed by atoms with Gasteiger partial charge in [0.25, 0.3) is 5.91 Å². The normalized spacial score (nSPS) is 10.2. The summed E-state index contributed by atoms with van der Waals surface area (Å²) in [5.41, 5.74) is 1.52. The van der Waals surface area contributed by atoms with E-state index in [0.29, 0.717) is 28.1 Å². The minimum Gasteiger partial charge on any atom is -0.496 e. The van der Waals surface area contributed by atoms with Crippen LogP contribution in [0.4, 0.5) is 16.0 Å². The molecule has 0 bridgehead atoms. The number of aromatic nitrogens is 2. The van der Waals surface area contributed by atoms with Crippen molar-refractivity contribution in [1.82, 2.24) is 10.2 Å². The molecule has 0 aliphatic rings. The molecule has 3 N–H and O–H groups in total. The molecular formula is C18H19N5O2S. The number of nitrogens with one attached hydrogen (secondary N) is 3. The molecule has 0 radical (unpaired) electrons. The Hall–Kier alpha value is -3.13. The van der Waals surface area contributed by atoms with E-state index in [0.717, 1.165) is 12.2 Å². The molecule has 1 aromatic heterocycles. The Labute approximate surface area is 155 Å². The van der Waals surface area contributed by atoms with Gasteiger partial charge in [0.15, 0.2) is 0 Å². The molecule has 0 aliphatic heterocycles. The van der Waals surface area contributed by atoms with Crippen molar-refractivity contribution >= 4 is 33.2 Å². The first kappa shape index (κ1) is 17.7. The number of nitrogens with zero attached hydrogens (tertiary/aromatic N) is 2. The fourth-order valence-electron chi connectivity index (χ4n) is 2.27.